The van der Waals surface area contributed by atoms with Crippen LogP contribution in [0.15, 0.2) is 53.4 Å². The van der Waals surface area contributed by atoms with Crippen LogP contribution in [-0.2, 0) is 21.4 Å². The number of rotatable bonds is 6. The lowest BCUT2D eigenvalue weighted by Gasteiger charge is -2.11. The first-order valence-electron chi connectivity index (χ1n) is 6.86. The molecule has 0 aliphatic rings. The molecule has 2 aromatic rings. The molecule has 0 aliphatic carbocycles. The fourth-order valence-electron chi connectivity index (χ4n) is 1.80. The van der Waals surface area contributed by atoms with E-state index in [1.807, 2.05) is 13.8 Å². The molecule has 0 heterocycles. The highest BCUT2D eigenvalue weighted by Crippen LogP contribution is 2.18. The number of hydrogen-bond acceptors (Lipinski definition) is 3. The van der Waals surface area contributed by atoms with E-state index >= 15 is 0 Å². The molecule has 4 nitrogen and oxygen atoms in total. The summed E-state index contributed by atoms with van der Waals surface area (Å²) in [4.78, 5) is 0.140. The number of benzene rings is 2. The van der Waals surface area contributed by atoms with Crippen LogP contribution in [0.3, 0.4) is 0 Å². The van der Waals surface area contributed by atoms with Crippen molar-refractivity contribution < 1.29 is 17.5 Å². The van der Waals surface area contributed by atoms with Gasteiger partial charge in [0.15, 0.2) is 0 Å². The van der Waals surface area contributed by atoms with Gasteiger partial charge in [-0.15, -0.1) is 0 Å². The summed E-state index contributed by atoms with van der Waals surface area (Å²) in [7, 11) is -3.72. The topological polar surface area (TPSA) is 55.4 Å². The highest BCUT2D eigenvalue weighted by atomic mass is 32.2. The predicted octanol–water partition coefficient (Wildman–Crippen LogP) is 3.55. The SMILES string of the molecule is CC(C)OCc1cccc(S(=O)(=O)Nc2ccc(F)cc2)c1. The summed E-state index contributed by atoms with van der Waals surface area (Å²) in [6.07, 6.45) is 0.0672. The number of halogens is 1. The molecule has 6 heteroatoms. The van der Waals surface area contributed by atoms with Gasteiger partial charge >= 0.3 is 0 Å². The molecule has 118 valence electrons. The van der Waals surface area contributed by atoms with Crippen LogP contribution in [0.25, 0.3) is 0 Å². The lowest BCUT2D eigenvalue weighted by Crippen LogP contribution is -2.13. The Morgan fingerprint density at radius 3 is 2.45 bits per heavy atom. The predicted molar refractivity (Wildman–Crippen MR) is 83.6 cm³/mol. The van der Waals surface area contributed by atoms with E-state index < -0.39 is 15.8 Å². The first-order valence-corrected chi connectivity index (χ1v) is 8.34. The Hall–Kier alpha value is -1.92. The monoisotopic (exact) mass is 323 g/mol. The first kappa shape index (κ1) is 16.5. The molecular weight excluding hydrogens is 305 g/mol. The largest absolute Gasteiger partial charge is 0.374 e. The maximum Gasteiger partial charge on any atom is 0.261 e. The maximum absolute atomic E-state index is 12.9. The normalized spacial score (nSPS) is 11.6. The van der Waals surface area contributed by atoms with Gasteiger partial charge in [0.1, 0.15) is 5.82 Å². The summed E-state index contributed by atoms with van der Waals surface area (Å²) >= 11 is 0. The van der Waals surface area contributed by atoms with Crippen molar-refractivity contribution in [2.75, 3.05) is 4.72 Å². The average molecular weight is 323 g/mol. The molecule has 1 N–H and O–H groups in total. The van der Waals surface area contributed by atoms with Gasteiger partial charge in [-0.05, 0) is 55.8 Å². The van der Waals surface area contributed by atoms with Gasteiger partial charge in [0, 0.05) is 5.69 Å². The molecule has 0 saturated heterocycles. The Morgan fingerprint density at radius 1 is 1.14 bits per heavy atom. The summed E-state index contributed by atoms with van der Waals surface area (Å²) in [6, 6.07) is 11.7. The van der Waals surface area contributed by atoms with Gasteiger partial charge in [0.2, 0.25) is 0 Å². The Bertz CT molecular complexity index is 727. The molecule has 0 unspecified atom stereocenters. The Kier molecular flexibility index (Phi) is 5.15. The third kappa shape index (κ3) is 4.54. The zero-order valence-electron chi connectivity index (χ0n) is 12.4. The molecule has 2 rings (SSSR count). The molecule has 2 aromatic carbocycles. The van der Waals surface area contributed by atoms with E-state index in [2.05, 4.69) is 4.72 Å². The van der Waals surface area contributed by atoms with Crippen LogP contribution >= 0.6 is 0 Å². The minimum Gasteiger partial charge on any atom is -0.374 e. The van der Waals surface area contributed by atoms with Gasteiger partial charge < -0.3 is 4.74 Å². The third-order valence-electron chi connectivity index (χ3n) is 2.89. The van der Waals surface area contributed by atoms with E-state index in [0.717, 1.165) is 5.56 Å². The van der Waals surface area contributed by atoms with Crippen molar-refractivity contribution in [3.63, 3.8) is 0 Å². The molecule has 0 aromatic heterocycles. The Labute approximate surface area is 130 Å². The second-order valence-corrected chi connectivity index (χ2v) is 6.80. The van der Waals surface area contributed by atoms with Crippen LogP contribution in [0.2, 0.25) is 0 Å². The van der Waals surface area contributed by atoms with Crippen LogP contribution in [0.1, 0.15) is 19.4 Å². The minimum absolute atomic E-state index is 0.0672. The highest BCUT2D eigenvalue weighted by Gasteiger charge is 2.14. The molecule has 0 bridgehead atoms. The van der Waals surface area contributed by atoms with Gasteiger partial charge in [-0.3, -0.25) is 4.72 Å². The number of nitrogens with one attached hydrogen (secondary N) is 1. The number of hydrogen-bond donors (Lipinski definition) is 1. The van der Waals surface area contributed by atoms with Gasteiger partial charge in [0.05, 0.1) is 17.6 Å². The van der Waals surface area contributed by atoms with E-state index in [9.17, 15) is 12.8 Å². The van der Waals surface area contributed by atoms with Crippen LogP contribution < -0.4 is 4.72 Å². The van der Waals surface area contributed by atoms with Crippen molar-refractivity contribution in [3.8, 4) is 0 Å². The second-order valence-electron chi connectivity index (χ2n) is 5.12. The van der Waals surface area contributed by atoms with Crippen molar-refractivity contribution in [1.29, 1.82) is 0 Å². The van der Waals surface area contributed by atoms with Crippen molar-refractivity contribution in [2.24, 2.45) is 0 Å². The van der Waals surface area contributed by atoms with Gasteiger partial charge in [-0.1, -0.05) is 12.1 Å². The Balaban J connectivity index is 2.18. The van der Waals surface area contributed by atoms with Gasteiger partial charge in [-0.2, -0.15) is 0 Å². The van der Waals surface area contributed by atoms with E-state index in [-0.39, 0.29) is 11.0 Å². The quantitative estimate of drug-likeness (QED) is 0.884. The number of anilines is 1. The summed E-state index contributed by atoms with van der Waals surface area (Å²) in [5.41, 5.74) is 1.08. The van der Waals surface area contributed by atoms with Crippen molar-refractivity contribution in [2.45, 2.75) is 31.5 Å². The smallest absolute Gasteiger partial charge is 0.261 e. The summed E-state index contributed by atoms with van der Waals surface area (Å²) in [6.45, 7) is 4.17. The van der Waals surface area contributed by atoms with E-state index in [0.29, 0.717) is 12.3 Å². The summed E-state index contributed by atoms with van der Waals surface area (Å²) < 4.78 is 45.4. The molecular formula is C16H18FNO3S. The zero-order chi connectivity index (χ0) is 16.2. The average Bonchev–Trinajstić information content (AvgIpc) is 2.48. The van der Waals surface area contributed by atoms with E-state index in [1.54, 1.807) is 18.2 Å². The van der Waals surface area contributed by atoms with Gasteiger partial charge in [0.25, 0.3) is 10.0 Å². The number of sulfonamides is 1. The van der Waals surface area contributed by atoms with Crippen molar-refractivity contribution >= 4 is 15.7 Å². The van der Waals surface area contributed by atoms with Crippen LogP contribution in [-0.4, -0.2) is 14.5 Å². The lowest BCUT2D eigenvalue weighted by molar-refractivity contribution is 0.0656. The molecule has 0 spiro atoms. The molecule has 0 amide bonds. The number of ether oxygens (including phenoxy) is 1. The van der Waals surface area contributed by atoms with Crippen LogP contribution in [0, 0.1) is 5.82 Å². The van der Waals surface area contributed by atoms with Crippen LogP contribution in [0.5, 0.6) is 0 Å². The Morgan fingerprint density at radius 2 is 1.82 bits per heavy atom. The second kappa shape index (κ2) is 6.89. The van der Waals surface area contributed by atoms with Gasteiger partial charge in [-0.25, -0.2) is 12.8 Å². The standard InChI is InChI=1S/C16H18FNO3S/c1-12(2)21-11-13-4-3-5-16(10-13)22(19,20)18-15-8-6-14(17)7-9-15/h3-10,12,18H,11H2,1-2H3. The molecule has 0 atom stereocenters. The van der Waals surface area contributed by atoms with Crippen molar-refractivity contribution in [1.82, 2.24) is 0 Å². The molecule has 0 radical (unpaired) electrons. The minimum atomic E-state index is -3.72. The lowest BCUT2D eigenvalue weighted by atomic mass is 10.2. The van der Waals surface area contributed by atoms with E-state index in [1.165, 1.54) is 30.3 Å². The highest BCUT2D eigenvalue weighted by molar-refractivity contribution is 7.92. The zero-order valence-corrected chi connectivity index (χ0v) is 13.2. The maximum atomic E-state index is 12.9. The van der Waals surface area contributed by atoms with Crippen LogP contribution in [0.4, 0.5) is 10.1 Å². The molecule has 0 fully saturated rings. The first-order chi connectivity index (χ1) is 10.4. The summed E-state index contributed by atoms with van der Waals surface area (Å²) in [5.74, 6) is -0.421. The fraction of sp³-hybridized carbons (Fsp3) is 0.250. The molecule has 0 aliphatic heterocycles. The molecule has 22 heavy (non-hydrogen) atoms. The van der Waals surface area contributed by atoms with Crippen molar-refractivity contribution in [3.05, 3.63) is 59.9 Å². The van der Waals surface area contributed by atoms with E-state index in [4.69, 9.17) is 4.74 Å². The molecule has 0 saturated carbocycles. The fourth-order valence-corrected chi connectivity index (χ4v) is 2.93. The third-order valence-corrected chi connectivity index (χ3v) is 4.27. The summed E-state index contributed by atoms with van der Waals surface area (Å²) in [5, 5.41) is 0.